The van der Waals surface area contributed by atoms with Crippen molar-refractivity contribution in [1.29, 1.82) is 0 Å². The first kappa shape index (κ1) is 14.2. The minimum Gasteiger partial charge on any atom is -0.303 e. The fraction of sp³-hybridized carbons (Fsp3) is 0.263. The molecule has 0 radical (unpaired) electrons. The van der Waals surface area contributed by atoms with Crippen molar-refractivity contribution in [2.24, 2.45) is 0 Å². The summed E-state index contributed by atoms with van der Waals surface area (Å²) < 4.78 is 1.43. The van der Waals surface area contributed by atoms with E-state index in [0.717, 1.165) is 24.0 Å². The predicted molar refractivity (Wildman–Crippen MR) is 92.1 cm³/mol. The van der Waals surface area contributed by atoms with Gasteiger partial charge in [-0.2, -0.15) is 9.78 Å². The van der Waals surface area contributed by atoms with Crippen LogP contribution in [0.3, 0.4) is 0 Å². The number of benzene rings is 2. The van der Waals surface area contributed by atoms with E-state index in [2.05, 4.69) is 34.3 Å². The molecule has 116 valence electrons. The zero-order valence-corrected chi connectivity index (χ0v) is 13.0. The van der Waals surface area contributed by atoms with Gasteiger partial charge in [0.25, 0.3) is 5.56 Å². The highest BCUT2D eigenvalue weighted by molar-refractivity contribution is 5.85. The van der Waals surface area contributed by atoms with E-state index in [1.807, 2.05) is 12.1 Å². The minimum absolute atomic E-state index is 0.113. The monoisotopic (exact) mass is 305 g/mol. The van der Waals surface area contributed by atoms with Gasteiger partial charge < -0.3 is 4.90 Å². The van der Waals surface area contributed by atoms with Gasteiger partial charge in [-0.05, 0) is 60.5 Å². The van der Waals surface area contributed by atoms with Crippen molar-refractivity contribution in [2.45, 2.75) is 12.8 Å². The highest BCUT2D eigenvalue weighted by Gasteiger charge is 2.12. The Hall–Kier alpha value is -2.46. The molecular formula is C19H19N3O. The summed E-state index contributed by atoms with van der Waals surface area (Å²) >= 11 is 0. The van der Waals surface area contributed by atoms with Gasteiger partial charge in [-0.3, -0.25) is 4.79 Å². The first-order chi connectivity index (χ1) is 11.3. The van der Waals surface area contributed by atoms with Crippen molar-refractivity contribution in [3.05, 3.63) is 70.6 Å². The van der Waals surface area contributed by atoms with Crippen LogP contribution in [-0.4, -0.2) is 34.3 Å². The van der Waals surface area contributed by atoms with Crippen LogP contribution >= 0.6 is 0 Å². The van der Waals surface area contributed by atoms with Crippen LogP contribution in [0.1, 0.15) is 12.0 Å². The molecule has 0 aliphatic carbocycles. The summed E-state index contributed by atoms with van der Waals surface area (Å²) in [6.07, 6.45) is 4.06. The zero-order chi connectivity index (χ0) is 15.6. The van der Waals surface area contributed by atoms with Crippen LogP contribution in [0.15, 0.2) is 59.5 Å². The molecule has 4 heteroatoms. The minimum atomic E-state index is -0.113. The van der Waals surface area contributed by atoms with Crippen LogP contribution in [0.2, 0.25) is 0 Å². The van der Waals surface area contributed by atoms with Gasteiger partial charge in [-0.1, -0.05) is 24.3 Å². The fourth-order valence-electron chi connectivity index (χ4n) is 3.01. The molecule has 0 saturated carbocycles. The second-order valence-electron chi connectivity index (χ2n) is 6.08. The maximum atomic E-state index is 11.9. The van der Waals surface area contributed by atoms with Gasteiger partial charge in [0.2, 0.25) is 0 Å². The van der Waals surface area contributed by atoms with Crippen molar-refractivity contribution < 1.29 is 0 Å². The Balaban J connectivity index is 1.62. The maximum absolute atomic E-state index is 11.9. The largest absolute Gasteiger partial charge is 0.303 e. The quantitative estimate of drug-likeness (QED) is 0.744. The van der Waals surface area contributed by atoms with Crippen molar-refractivity contribution in [1.82, 2.24) is 14.7 Å². The van der Waals surface area contributed by atoms with Gasteiger partial charge in [-0.25, -0.2) is 0 Å². The van der Waals surface area contributed by atoms with E-state index in [-0.39, 0.29) is 5.56 Å². The number of hydrogen-bond acceptors (Lipinski definition) is 3. The molecule has 0 bridgehead atoms. The summed E-state index contributed by atoms with van der Waals surface area (Å²) in [4.78, 5) is 14.4. The number of likely N-dealkylation sites (tertiary alicyclic amines) is 1. The van der Waals surface area contributed by atoms with Gasteiger partial charge in [0, 0.05) is 18.8 Å². The Morgan fingerprint density at radius 2 is 1.83 bits per heavy atom. The number of fused-ring (bicyclic) bond motifs is 1. The van der Waals surface area contributed by atoms with E-state index in [1.165, 1.54) is 41.2 Å². The Labute approximate surface area is 135 Å². The summed E-state index contributed by atoms with van der Waals surface area (Å²) in [6.45, 7) is 3.64. The average molecular weight is 305 g/mol. The SMILES string of the molecule is O=c1cccnn1-c1ccc2cc(CCN3CCC3)ccc2c1. The molecule has 0 atom stereocenters. The molecule has 23 heavy (non-hydrogen) atoms. The van der Waals surface area contributed by atoms with Gasteiger partial charge in [0.05, 0.1) is 5.69 Å². The van der Waals surface area contributed by atoms with Crippen LogP contribution < -0.4 is 5.56 Å². The molecule has 2 heterocycles. The van der Waals surface area contributed by atoms with E-state index in [9.17, 15) is 4.79 Å². The summed E-state index contributed by atoms with van der Waals surface area (Å²) in [6, 6.07) is 15.8. The molecule has 1 aromatic heterocycles. The van der Waals surface area contributed by atoms with Gasteiger partial charge >= 0.3 is 0 Å². The number of aromatic nitrogens is 2. The smallest absolute Gasteiger partial charge is 0.271 e. The van der Waals surface area contributed by atoms with Crippen molar-refractivity contribution >= 4 is 10.8 Å². The molecule has 0 N–H and O–H groups in total. The van der Waals surface area contributed by atoms with E-state index >= 15 is 0 Å². The topological polar surface area (TPSA) is 38.1 Å². The molecule has 3 aromatic rings. The first-order valence-corrected chi connectivity index (χ1v) is 8.09. The Kier molecular flexibility index (Phi) is 3.67. The summed E-state index contributed by atoms with van der Waals surface area (Å²) in [5, 5.41) is 6.48. The van der Waals surface area contributed by atoms with Crippen LogP contribution in [-0.2, 0) is 6.42 Å². The molecule has 1 fully saturated rings. The molecule has 1 aliphatic heterocycles. The lowest BCUT2D eigenvalue weighted by Crippen LogP contribution is -2.38. The van der Waals surface area contributed by atoms with Crippen molar-refractivity contribution in [3.63, 3.8) is 0 Å². The van der Waals surface area contributed by atoms with E-state index in [0.29, 0.717) is 0 Å². The van der Waals surface area contributed by atoms with Gasteiger partial charge in [0.15, 0.2) is 0 Å². The molecule has 1 aliphatic rings. The van der Waals surface area contributed by atoms with Crippen molar-refractivity contribution in [2.75, 3.05) is 19.6 Å². The number of nitrogens with zero attached hydrogens (tertiary/aromatic N) is 3. The molecule has 2 aromatic carbocycles. The third kappa shape index (κ3) is 2.90. The summed E-state index contributed by atoms with van der Waals surface area (Å²) in [5.41, 5.74) is 2.06. The fourth-order valence-corrected chi connectivity index (χ4v) is 3.01. The van der Waals surface area contributed by atoms with E-state index < -0.39 is 0 Å². The highest BCUT2D eigenvalue weighted by atomic mass is 16.1. The van der Waals surface area contributed by atoms with Crippen LogP contribution in [0.5, 0.6) is 0 Å². The lowest BCUT2D eigenvalue weighted by Gasteiger charge is -2.30. The number of hydrogen-bond donors (Lipinski definition) is 0. The van der Waals surface area contributed by atoms with Crippen molar-refractivity contribution in [3.8, 4) is 5.69 Å². The lowest BCUT2D eigenvalue weighted by atomic mass is 10.0. The zero-order valence-electron chi connectivity index (χ0n) is 13.0. The Morgan fingerprint density at radius 1 is 1.00 bits per heavy atom. The molecule has 0 unspecified atom stereocenters. The van der Waals surface area contributed by atoms with Crippen LogP contribution in [0.4, 0.5) is 0 Å². The molecular weight excluding hydrogens is 286 g/mol. The summed E-state index contributed by atoms with van der Waals surface area (Å²) in [7, 11) is 0. The Bertz CT molecular complexity index is 896. The molecule has 4 rings (SSSR count). The molecule has 1 saturated heterocycles. The Morgan fingerprint density at radius 3 is 2.61 bits per heavy atom. The predicted octanol–water partition coefficient (Wildman–Crippen LogP) is 2.63. The maximum Gasteiger partial charge on any atom is 0.271 e. The van der Waals surface area contributed by atoms with Crippen LogP contribution in [0.25, 0.3) is 16.5 Å². The third-order valence-corrected chi connectivity index (χ3v) is 4.51. The summed E-state index contributed by atoms with van der Waals surface area (Å²) in [5.74, 6) is 0. The highest BCUT2D eigenvalue weighted by Crippen LogP contribution is 2.20. The molecule has 4 nitrogen and oxygen atoms in total. The molecule has 0 spiro atoms. The molecule has 0 amide bonds. The third-order valence-electron chi connectivity index (χ3n) is 4.51. The standard InChI is InChI=1S/C19H19N3O/c23-19-3-1-9-20-22(19)18-7-6-16-13-15(4-5-17(16)14-18)8-12-21-10-2-11-21/h1,3-7,9,13-14H,2,8,10-12H2. The normalized spacial score (nSPS) is 14.8. The second kappa shape index (κ2) is 5.97. The van der Waals surface area contributed by atoms with Gasteiger partial charge in [0.1, 0.15) is 0 Å². The van der Waals surface area contributed by atoms with Crippen LogP contribution in [0, 0.1) is 0 Å². The average Bonchev–Trinajstić information content (AvgIpc) is 2.53. The van der Waals surface area contributed by atoms with E-state index in [1.54, 1.807) is 12.3 Å². The second-order valence-corrected chi connectivity index (χ2v) is 6.08. The number of rotatable bonds is 4. The van der Waals surface area contributed by atoms with Gasteiger partial charge in [-0.15, -0.1) is 0 Å². The first-order valence-electron chi connectivity index (χ1n) is 8.09. The lowest BCUT2D eigenvalue weighted by molar-refractivity contribution is 0.184. The van der Waals surface area contributed by atoms with E-state index in [4.69, 9.17) is 0 Å².